The van der Waals surface area contributed by atoms with E-state index >= 15 is 0 Å². The summed E-state index contributed by atoms with van der Waals surface area (Å²) in [6.07, 6.45) is 1.40. The minimum Gasteiger partial charge on any atom is -0.311 e. The summed E-state index contributed by atoms with van der Waals surface area (Å²) in [4.78, 5) is 5.41. The van der Waals surface area contributed by atoms with E-state index < -0.39 is 0 Å². The van der Waals surface area contributed by atoms with Gasteiger partial charge in [-0.1, -0.05) is 34.6 Å². The lowest BCUT2D eigenvalue weighted by Crippen LogP contribution is -2.60. The molecule has 3 heteroatoms. The molecule has 0 aromatic rings. The smallest absolute Gasteiger partial charge is 0.0244 e. The number of hydrogen-bond donors (Lipinski definition) is 1. The average Bonchev–Trinajstić information content (AvgIpc) is 2.86. The fourth-order valence-corrected chi connectivity index (χ4v) is 3.85. The molecule has 0 amide bonds. The zero-order valence-corrected chi connectivity index (χ0v) is 14.2. The van der Waals surface area contributed by atoms with Gasteiger partial charge in [0.2, 0.25) is 0 Å². The summed E-state index contributed by atoms with van der Waals surface area (Å²) in [6.45, 7) is 19.3. The van der Waals surface area contributed by atoms with Crippen LogP contribution in [-0.2, 0) is 0 Å². The highest BCUT2D eigenvalue weighted by molar-refractivity contribution is 4.91. The number of rotatable bonds is 5. The molecule has 118 valence electrons. The average molecular weight is 281 g/mol. The number of hydrogen-bond acceptors (Lipinski definition) is 3. The van der Waals surface area contributed by atoms with Crippen LogP contribution in [0.25, 0.3) is 0 Å². The molecule has 2 aliphatic heterocycles. The highest BCUT2D eigenvalue weighted by Gasteiger charge is 2.33. The third kappa shape index (κ3) is 3.96. The van der Waals surface area contributed by atoms with E-state index in [-0.39, 0.29) is 0 Å². The van der Waals surface area contributed by atoms with Crippen LogP contribution in [0.2, 0.25) is 0 Å². The van der Waals surface area contributed by atoms with Crippen LogP contribution < -0.4 is 5.32 Å². The summed E-state index contributed by atoms with van der Waals surface area (Å²) in [7, 11) is 0. The summed E-state index contributed by atoms with van der Waals surface area (Å²) >= 11 is 0. The second-order valence-corrected chi connectivity index (χ2v) is 7.57. The van der Waals surface area contributed by atoms with Gasteiger partial charge in [-0.05, 0) is 37.3 Å². The lowest BCUT2D eigenvalue weighted by Gasteiger charge is -2.44. The van der Waals surface area contributed by atoms with Crippen molar-refractivity contribution in [2.24, 2.45) is 17.8 Å². The Morgan fingerprint density at radius 1 is 1.10 bits per heavy atom. The third-order valence-electron chi connectivity index (χ3n) is 5.37. The van der Waals surface area contributed by atoms with Crippen molar-refractivity contribution in [2.75, 3.05) is 39.3 Å². The Balaban J connectivity index is 1.93. The Kier molecular flexibility index (Phi) is 5.88. The van der Waals surface area contributed by atoms with Gasteiger partial charge in [0.1, 0.15) is 0 Å². The predicted molar refractivity (Wildman–Crippen MR) is 87.0 cm³/mol. The van der Waals surface area contributed by atoms with Crippen molar-refractivity contribution in [2.45, 2.75) is 53.1 Å². The molecule has 2 heterocycles. The van der Waals surface area contributed by atoms with E-state index in [9.17, 15) is 0 Å². The van der Waals surface area contributed by atoms with Gasteiger partial charge in [0.15, 0.2) is 0 Å². The standard InChI is InChI=1S/C17H35N3/c1-6-19-8-7-15(10-19)11-20-12-16(13(2)3)18-9-17(20)14(4)5/h13-18H,6-12H2,1-5H3. The molecule has 0 aromatic heterocycles. The van der Waals surface area contributed by atoms with Crippen LogP contribution >= 0.6 is 0 Å². The van der Waals surface area contributed by atoms with Gasteiger partial charge in [-0.15, -0.1) is 0 Å². The van der Waals surface area contributed by atoms with Gasteiger partial charge in [-0.25, -0.2) is 0 Å². The third-order valence-corrected chi connectivity index (χ3v) is 5.37. The van der Waals surface area contributed by atoms with Crippen LogP contribution in [-0.4, -0.2) is 61.2 Å². The lowest BCUT2D eigenvalue weighted by atomic mass is 9.93. The topological polar surface area (TPSA) is 18.5 Å². The SMILES string of the molecule is CCN1CCC(CN2CC(C(C)C)NCC2C(C)C)C1. The van der Waals surface area contributed by atoms with Crippen molar-refractivity contribution in [3.63, 3.8) is 0 Å². The number of piperazine rings is 1. The van der Waals surface area contributed by atoms with E-state index in [1.54, 1.807) is 0 Å². The van der Waals surface area contributed by atoms with Crippen LogP contribution in [0.15, 0.2) is 0 Å². The summed E-state index contributed by atoms with van der Waals surface area (Å²) < 4.78 is 0. The fourth-order valence-electron chi connectivity index (χ4n) is 3.85. The van der Waals surface area contributed by atoms with E-state index in [1.807, 2.05) is 0 Å². The zero-order valence-electron chi connectivity index (χ0n) is 14.2. The summed E-state index contributed by atoms with van der Waals surface area (Å²) in [5.74, 6) is 2.38. The maximum absolute atomic E-state index is 3.77. The van der Waals surface area contributed by atoms with Crippen molar-refractivity contribution in [3.8, 4) is 0 Å². The minimum atomic E-state index is 0.675. The second kappa shape index (κ2) is 7.24. The molecular formula is C17H35N3. The van der Waals surface area contributed by atoms with Gasteiger partial charge in [0, 0.05) is 38.3 Å². The normalized spacial score (nSPS) is 33.5. The molecule has 3 atom stereocenters. The maximum Gasteiger partial charge on any atom is 0.0244 e. The number of nitrogens with zero attached hydrogens (tertiary/aromatic N) is 2. The van der Waals surface area contributed by atoms with Crippen molar-refractivity contribution in [3.05, 3.63) is 0 Å². The second-order valence-electron chi connectivity index (χ2n) is 7.57. The van der Waals surface area contributed by atoms with Crippen molar-refractivity contribution < 1.29 is 0 Å². The number of nitrogens with one attached hydrogen (secondary N) is 1. The molecule has 3 nitrogen and oxygen atoms in total. The van der Waals surface area contributed by atoms with Gasteiger partial charge in [0.25, 0.3) is 0 Å². The minimum absolute atomic E-state index is 0.675. The zero-order chi connectivity index (χ0) is 14.7. The van der Waals surface area contributed by atoms with Gasteiger partial charge in [-0.3, -0.25) is 4.90 Å². The molecular weight excluding hydrogens is 246 g/mol. The van der Waals surface area contributed by atoms with Crippen molar-refractivity contribution >= 4 is 0 Å². The molecule has 0 spiro atoms. The maximum atomic E-state index is 3.77. The molecule has 2 aliphatic rings. The molecule has 3 unspecified atom stereocenters. The van der Waals surface area contributed by atoms with Gasteiger partial charge >= 0.3 is 0 Å². The first kappa shape index (κ1) is 16.3. The van der Waals surface area contributed by atoms with E-state index in [1.165, 1.54) is 45.7 Å². The van der Waals surface area contributed by atoms with E-state index in [0.29, 0.717) is 6.04 Å². The molecule has 2 fully saturated rings. The van der Waals surface area contributed by atoms with Crippen LogP contribution in [0.3, 0.4) is 0 Å². The first-order valence-electron chi connectivity index (χ1n) is 8.71. The van der Waals surface area contributed by atoms with Gasteiger partial charge in [-0.2, -0.15) is 0 Å². The van der Waals surface area contributed by atoms with E-state index in [2.05, 4.69) is 49.7 Å². The Hall–Kier alpha value is -0.120. The summed E-state index contributed by atoms with van der Waals surface area (Å²) in [5, 5.41) is 3.77. The molecule has 0 bridgehead atoms. The number of likely N-dealkylation sites (tertiary alicyclic amines) is 1. The molecule has 0 aromatic carbocycles. The van der Waals surface area contributed by atoms with Gasteiger partial charge in [0.05, 0.1) is 0 Å². The summed E-state index contributed by atoms with van der Waals surface area (Å²) in [6, 6.07) is 1.40. The monoisotopic (exact) mass is 281 g/mol. The van der Waals surface area contributed by atoms with Gasteiger partial charge < -0.3 is 10.2 Å². The Morgan fingerprint density at radius 3 is 2.40 bits per heavy atom. The highest BCUT2D eigenvalue weighted by Crippen LogP contribution is 2.23. The lowest BCUT2D eigenvalue weighted by molar-refractivity contribution is 0.0708. The quantitative estimate of drug-likeness (QED) is 0.834. The molecule has 2 rings (SSSR count). The van der Waals surface area contributed by atoms with Crippen LogP contribution in [0, 0.1) is 17.8 Å². The molecule has 20 heavy (non-hydrogen) atoms. The Bertz CT molecular complexity index is 290. The summed E-state index contributed by atoms with van der Waals surface area (Å²) in [5.41, 5.74) is 0. The molecule has 1 N–H and O–H groups in total. The Labute approximate surface area is 126 Å². The predicted octanol–water partition coefficient (Wildman–Crippen LogP) is 2.28. The van der Waals surface area contributed by atoms with Crippen LogP contribution in [0.1, 0.15) is 41.0 Å². The first-order valence-corrected chi connectivity index (χ1v) is 8.71. The fraction of sp³-hybridized carbons (Fsp3) is 1.00. The molecule has 0 saturated carbocycles. The van der Waals surface area contributed by atoms with E-state index in [4.69, 9.17) is 0 Å². The molecule has 0 aliphatic carbocycles. The first-order chi connectivity index (χ1) is 9.51. The van der Waals surface area contributed by atoms with Crippen LogP contribution in [0.4, 0.5) is 0 Å². The van der Waals surface area contributed by atoms with E-state index in [0.717, 1.165) is 23.8 Å². The van der Waals surface area contributed by atoms with Crippen molar-refractivity contribution in [1.82, 2.24) is 15.1 Å². The molecule has 2 saturated heterocycles. The van der Waals surface area contributed by atoms with Crippen molar-refractivity contribution in [1.29, 1.82) is 0 Å². The largest absolute Gasteiger partial charge is 0.311 e. The highest BCUT2D eigenvalue weighted by atomic mass is 15.2. The van der Waals surface area contributed by atoms with Crippen LogP contribution in [0.5, 0.6) is 0 Å². The Morgan fingerprint density at radius 2 is 1.85 bits per heavy atom. The molecule has 0 radical (unpaired) electrons.